The second-order valence-electron chi connectivity index (χ2n) is 5.27. The molecular formula is C18H22Cl2N4. The molecule has 2 rings (SSSR count). The number of nitrogens with one attached hydrogen (secondary N) is 2. The van der Waals surface area contributed by atoms with E-state index in [2.05, 4.69) is 20.6 Å². The summed E-state index contributed by atoms with van der Waals surface area (Å²) in [6.07, 6.45) is 3.47. The van der Waals surface area contributed by atoms with Crippen LogP contribution in [0, 0.1) is 0 Å². The summed E-state index contributed by atoms with van der Waals surface area (Å²) >= 11 is 12.0. The van der Waals surface area contributed by atoms with Gasteiger partial charge in [0.1, 0.15) is 5.15 Å². The van der Waals surface area contributed by atoms with Crippen molar-refractivity contribution in [3.63, 3.8) is 0 Å². The molecule has 1 heterocycles. The maximum Gasteiger partial charge on any atom is 0.191 e. The van der Waals surface area contributed by atoms with Crippen LogP contribution < -0.4 is 10.6 Å². The van der Waals surface area contributed by atoms with Crippen molar-refractivity contribution in [1.29, 1.82) is 0 Å². The van der Waals surface area contributed by atoms with E-state index in [4.69, 9.17) is 23.2 Å². The van der Waals surface area contributed by atoms with E-state index in [1.807, 2.05) is 37.3 Å². The van der Waals surface area contributed by atoms with Crippen molar-refractivity contribution in [2.75, 3.05) is 19.6 Å². The molecule has 0 saturated heterocycles. The molecule has 0 atom stereocenters. The molecule has 2 N–H and O–H groups in total. The molecule has 0 saturated carbocycles. The third-order valence-electron chi connectivity index (χ3n) is 3.45. The average Bonchev–Trinajstić information content (AvgIpc) is 2.58. The van der Waals surface area contributed by atoms with Crippen molar-refractivity contribution < 1.29 is 0 Å². The standard InChI is InChI=1S/C18H22Cl2N4/c1-2-21-18(22-11-9-14-7-8-17(20)24-13-14)23-12-10-15-5-3-4-6-16(15)19/h3-8,13H,2,9-12H2,1H3,(H2,21,22,23). The molecule has 0 aliphatic carbocycles. The minimum atomic E-state index is 0.515. The van der Waals surface area contributed by atoms with Gasteiger partial charge in [-0.15, -0.1) is 0 Å². The molecule has 0 unspecified atom stereocenters. The van der Waals surface area contributed by atoms with E-state index in [-0.39, 0.29) is 0 Å². The van der Waals surface area contributed by atoms with Gasteiger partial charge in [0, 0.05) is 30.9 Å². The van der Waals surface area contributed by atoms with E-state index in [9.17, 15) is 0 Å². The number of hydrogen-bond acceptors (Lipinski definition) is 2. The Morgan fingerprint density at radius 2 is 1.92 bits per heavy atom. The first-order valence-corrected chi connectivity index (χ1v) is 8.80. The third-order valence-corrected chi connectivity index (χ3v) is 4.04. The zero-order valence-corrected chi connectivity index (χ0v) is 15.2. The van der Waals surface area contributed by atoms with Crippen molar-refractivity contribution in [2.45, 2.75) is 19.8 Å². The topological polar surface area (TPSA) is 49.3 Å². The summed E-state index contributed by atoms with van der Waals surface area (Å²) in [5, 5.41) is 7.89. The van der Waals surface area contributed by atoms with Crippen molar-refractivity contribution in [3.8, 4) is 0 Å². The van der Waals surface area contributed by atoms with Crippen LogP contribution in [0.3, 0.4) is 0 Å². The normalized spacial score (nSPS) is 11.4. The number of hydrogen-bond donors (Lipinski definition) is 2. The molecule has 4 nitrogen and oxygen atoms in total. The number of halogens is 2. The molecule has 0 bridgehead atoms. The molecule has 1 aromatic heterocycles. The maximum absolute atomic E-state index is 6.17. The van der Waals surface area contributed by atoms with Gasteiger partial charge in [-0.3, -0.25) is 4.99 Å². The Morgan fingerprint density at radius 3 is 2.62 bits per heavy atom. The molecule has 1 aromatic carbocycles. The lowest BCUT2D eigenvalue weighted by molar-refractivity contribution is 0.795. The Labute approximate surface area is 153 Å². The van der Waals surface area contributed by atoms with Crippen LogP contribution in [0.5, 0.6) is 0 Å². The van der Waals surface area contributed by atoms with E-state index in [1.54, 1.807) is 12.3 Å². The molecule has 0 aliphatic heterocycles. The highest BCUT2D eigenvalue weighted by molar-refractivity contribution is 6.31. The number of aliphatic imine (C=N–C) groups is 1. The van der Waals surface area contributed by atoms with Crippen molar-refractivity contribution in [2.24, 2.45) is 4.99 Å². The van der Waals surface area contributed by atoms with E-state index < -0.39 is 0 Å². The molecule has 128 valence electrons. The smallest absolute Gasteiger partial charge is 0.191 e. The van der Waals surface area contributed by atoms with Gasteiger partial charge in [0.2, 0.25) is 0 Å². The summed E-state index contributed by atoms with van der Waals surface area (Å²) in [7, 11) is 0. The molecule has 0 spiro atoms. The lowest BCUT2D eigenvalue weighted by atomic mass is 10.1. The molecule has 24 heavy (non-hydrogen) atoms. The van der Waals surface area contributed by atoms with Gasteiger partial charge in [-0.25, -0.2) is 4.98 Å². The second kappa shape index (κ2) is 10.2. The van der Waals surface area contributed by atoms with Crippen LogP contribution in [-0.2, 0) is 12.8 Å². The van der Waals surface area contributed by atoms with E-state index in [0.717, 1.165) is 48.0 Å². The van der Waals surface area contributed by atoms with Crippen LogP contribution in [0.25, 0.3) is 0 Å². The van der Waals surface area contributed by atoms with Crippen LogP contribution in [0.15, 0.2) is 47.6 Å². The molecule has 6 heteroatoms. The molecule has 2 aromatic rings. The minimum absolute atomic E-state index is 0.515. The van der Waals surface area contributed by atoms with E-state index in [1.165, 1.54) is 0 Å². The zero-order chi connectivity index (χ0) is 17.2. The summed E-state index contributed by atoms with van der Waals surface area (Å²) < 4.78 is 0. The van der Waals surface area contributed by atoms with Crippen molar-refractivity contribution >= 4 is 29.2 Å². The molecule has 0 fully saturated rings. The molecule has 0 aliphatic rings. The third kappa shape index (κ3) is 6.38. The number of rotatable bonds is 7. The zero-order valence-electron chi connectivity index (χ0n) is 13.7. The molecule has 0 radical (unpaired) electrons. The Kier molecular flexibility index (Phi) is 7.86. The van der Waals surface area contributed by atoms with Crippen LogP contribution in [0.1, 0.15) is 18.1 Å². The fraction of sp³-hybridized carbons (Fsp3) is 0.333. The predicted octanol–water partition coefficient (Wildman–Crippen LogP) is 3.73. The number of pyridine rings is 1. The summed E-state index contributed by atoms with van der Waals surface area (Å²) in [4.78, 5) is 8.68. The van der Waals surface area contributed by atoms with E-state index in [0.29, 0.717) is 11.7 Å². The molecule has 0 amide bonds. The van der Waals surface area contributed by atoms with Gasteiger partial charge in [-0.1, -0.05) is 47.5 Å². The Hall–Kier alpha value is -1.78. The van der Waals surface area contributed by atoms with Crippen LogP contribution in [0.2, 0.25) is 10.2 Å². The fourth-order valence-electron chi connectivity index (χ4n) is 2.21. The van der Waals surface area contributed by atoms with Gasteiger partial charge < -0.3 is 10.6 Å². The quantitative estimate of drug-likeness (QED) is 0.447. The first-order valence-electron chi connectivity index (χ1n) is 8.05. The highest BCUT2D eigenvalue weighted by Crippen LogP contribution is 2.15. The van der Waals surface area contributed by atoms with Crippen LogP contribution in [-0.4, -0.2) is 30.6 Å². The first-order chi connectivity index (χ1) is 11.7. The summed E-state index contributed by atoms with van der Waals surface area (Å²) in [5.41, 5.74) is 2.25. The van der Waals surface area contributed by atoms with Gasteiger partial charge in [-0.2, -0.15) is 0 Å². The fourth-order valence-corrected chi connectivity index (χ4v) is 2.55. The highest BCUT2D eigenvalue weighted by Gasteiger charge is 2.01. The lowest BCUT2D eigenvalue weighted by Crippen LogP contribution is -2.38. The van der Waals surface area contributed by atoms with Gasteiger partial charge in [0.05, 0.1) is 0 Å². The summed E-state index contributed by atoms with van der Waals surface area (Å²) in [6, 6.07) is 11.7. The first kappa shape index (κ1) is 18.6. The highest BCUT2D eigenvalue weighted by atomic mass is 35.5. The molecular weight excluding hydrogens is 343 g/mol. The number of guanidine groups is 1. The SMILES string of the molecule is CCNC(=NCCc1ccccc1Cl)NCCc1ccc(Cl)nc1. The van der Waals surface area contributed by atoms with Gasteiger partial charge in [0.25, 0.3) is 0 Å². The largest absolute Gasteiger partial charge is 0.357 e. The van der Waals surface area contributed by atoms with E-state index >= 15 is 0 Å². The van der Waals surface area contributed by atoms with Gasteiger partial charge in [0.15, 0.2) is 5.96 Å². The van der Waals surface area contributed by atoms with Gasteiger partial charge >= 0.3 is 0 Å². The Morgan fingerprint density at radius 1 is 1.08 bits per heavy atom. The van der Waals surface area contributed by atoms with Crippen molar-refractivity contribution in [3.05, 3.63) is 63.9 Å². The minimum Gasteiger partial charge on any atom is -0.357 e. The lowest BCUT2D eigenvalue weighted by Gasteiger charge is -2.11. The number of aromatic nitrogens is 1. The van der Waals surface area contributed by atoms with Crippen molar-refractivity contribution in [1.82, 2.24) is 15.6 Å². The number of nitrogens with zero attached hydrogens (tertiary/aromatic N) is 2. The van der Waals surface area contributed by atoms with Crippen LogP contribution >= 0.6 is 23.2 Å². The maximum atomic E-state index is 6.17. The second-order valence-corrected chi connectivity index (χ2v) is 6.06. The Balaban J connectivity index is 1.82. The summed E-state index contributed by atoms with van der Waals surface area (Å²) in [6.45, 7) is 4.33. The van der Waals surface area contributed by atoms with Gasteiger partial charge in [-0.05, 0) is 43.0 Å². The monoisotopic (exact) mass is 364 g/mol. The van der Waals surface area contributed by atoms with Crippen LogP contribution in [0.4, 0.5) is 0 Å². The predicted molar refractivity (Wildman–Crippen MR) is 102 cm³/mol. The Bertz CT molecular complexity index is 656. The average molecular weight is 365 g/mol. The summed E-state index contributed by atoms with van der Waals surface area (Å²) in [5.74, 6) is 0.812. The number of benzene rings is 1.